The number of aromatic nitrogens is 2. The molecule has 1 rings (SSSR count). The number of hydrogen-bond donors (Lipinski definition) is 1. The highest BCUT2D eigenvalue weighted by atomic mass is 15.3. The molecular formula is C10H17N3. The third-order valence-electron chi connectivity index (χ3n) is 1.81. The minimum Gasteiger partial charge on any atom is -0.367 e. The lowest BCUT2D eigenvalue weighted by Crippen LogP contribution is -2.06. The fourth-order valence-electron chi connectivity index (χ4n) is 1.09. The Morgan fingerprint density at radius 2 is 2.38 bits per heavy atom. The van der Waals surface area contributed by atoms with E-state index in [1.54, 1.807) is 0 Å². The molecule has 0 unspecified atom stereocenters. The number of anilines is 1. The maximum absolute atomic E-state index is 4.17. The van der Waals surface area contributed by atoms with Crippen LogP contribution >= 0.6 is 0 Å². The van der Waals surface area contributed by atoms with Crippen LogP contribution in [0.5, 0.6) is 0 Å². The van der Waals surface area contributed by atoms with Crippen molar-refractivity contribution < 1.29 is 0 Å². The van der Waals surface area contributed by atoms with E-state index in [0.29, 0.717) is 0 Å². The molecule has 1 aromatic rings. The molecule has 3 heteroatoms. The quantitative estimate of drug-likeness (QED) is 0.719. The molecule has 0 aliphatic rings. The van der Waals surface area contributed by atoms with Crippen LogP contribution in [0.3, 0.4) is 0 Å². The monoisotopic (exact) mass is 179 g/mol. The molecule has 0 fully saturated rings. The fourth-order valence-corrected chi connectivity index (χ4v) is 1.09. The molecule has 3 nitrogen and oxygen atoms in total. The third-order valence-corrected chi connectivity index (χ3v) is 1.81. The first kappa shape index (κ1) is 9.84. The zero-order valence-electron chi connectivity index (χ0n) is 8.54. The van der Waals surface area contributed by atoms with Gasteiger partial charge in [-0.15, -0.1) is 0 Å². The summed E-state index contributed by atoms with van der Waals surface area (Å²) in [5, 5.41) is 7.47. The van der Waals surface area contributed by atoms with E-state index < -0.39 is 0 Å². The van der Waals surface area contributed by atoms with Gasteiger partial charge in [-0.05, 0) is 20.8 Å². The summed E-state index contributed by atoms with van der Waals surface area (Å²) in [4.78, 5) is 0. The van der Waals surface area contributed by atoms with E-state index >= 15 is 0 Å². The number of aryl methyl sites for hydroxylation is 1. The first-order chi connectivity index (χ1) is 6.24. The van der Waals surface area contributed by atoms with Crippen molar-refractivity contribution in [3.63, 3.8) is 0 Å². The second-order valence-corrected chi connectivity index (χ2v) is 3.19. The van der Waals surface area contributed by atoms with E-state index in [9.17, 15) is 0 Å². The van der Waals surface area contributed by atoms with Crippen molar-refractivity contribution >= 4 is 5.82 Å². The number of rotatable bonds is 4. The zero-order valence-corrected chi connectivity index (χ0v) is 8.54. The average molecular weight is 179 g/mol. The van der Waals surface area contributed by atoms with Crippen LogP contribution in [-0.2, 0) is 6.54 Å². The molecular weight excluding hydrogens is 162 g/mol. The summed E-state index contributed by atoms with van der Waals surface area (Å²) in [6, 6.07) is 1.99. The summed E-state index contributed by atoms with van der Waals surface area (Å²) in [5.74, 6) is 1.08. The predicted octanol–water partition coefficient (Wildman–Crippen LogP) is 2.28. The smallest absolute Gasteiger partial charge is 0.124 e. The number of nitrogens with one attached hydrogen (secondary N) is 1. The topological polar surface area (TPSA) is 29.9 Å². The van der Waals surface area contributed by atoms with Crippen LogP contribution in [0.15, 0.2) is 23.9 Å². The van der Waals surface area contributed by atoms with Crippen molar-refractivity contribution in [1.82, 2.24) is 9.78 Å². The number of allylic oxidation sites excluding steroid dienone is 1. The normalized spacial score (nSPS) is 9.77. The summed E-state index contributed by atoms with van der Waals surface area (Å²) < 4.78 is 1.94. The molecule has 0 bridgehead atoms. The first-order valence-electron chi connectivity index (χ1n) is 4.63. The largest absolute Gasteiger partial charge is 0.367 e. The van der Waals surface area contributed by atoms with Crippen molar-refractivity contribution in [3.8, 4) is 0 Å². The van der Waals surface area contributed by atoms with Gasteiger partial charge in [-0.3, -0.25) is 4.68 Å². The molecule has 72 valence electrons. The van der Waals surface area contributed by atoms with Crippen molar-refractivity contribution in [1.29, 1.82) is 0 Å². The van der Waals surface area contributed by atoms with Gasteiger partial charge in [-0.25, -0.2) is 0 Å². The van der Waals surface area contributed by atoms with E-state index in [4.69, 9.17) is 0 Å². The fraction of sp³-hybridized carbons (Fsp3) is 0.500. The van der Waals surface area contributed by atoms with Crippen LogP contribution in [0.25, 0.3) is 0 Å². The van der Waals surface area contributed by atoms with Crippen molar-refractivity contribution in [2.24, 2.45) is 0 Å². The molecule has 0 aliphatic carbocycles. The first-order valence-corrected chi connectivity index (χ1v) is 4.63. The summed E-state index contributed by atoms with van der Waals surface area (Å²) >= 11 is 0. The molecule has 0 atom stereocenters. The highest BCUT2D eigenvalue weighted by molar-refractivity contribution is 5.34. The maximum Gasteiger partial charge on any atom is 0.124 e. The maximum atomic E-state index is 4.17. The van der Waals surface area contributed by atoms with Crippen molar-refractivity contribution in [3.05, 3.63) is 23.9 Å². The summed E-state index contributed by atoms with van der Waals surface area (Å²) in [6.45, 7) is 8.05. The van der Waals surface area contributed by atoms with Gasteiger partial charge in [0.15, 0.2) is 0 Å². The van der Waals surface area contributed by atoms with E-state index in [1.807, 2.05) is 16.9 Å². The van der Waals surface area contributed by atoms with Crippen LogP contribution in [0.1, 0.15) is 20.8 Å². The number of nitrogens with zero attached hydrogens (tertiary/aromatic N) is 2. The van der Waals surface area contributed by atoms with Gasteiger partial charge in [-0.1, -0.05) is 11.6 Å². The Morgan fingerprint density at radius 3 is 3.00 bits per heavy atom. The molecule has 1 aromatic heterocycles. The molecule has 0 aromatic carbocycles. The highest BCUT2D eigenvalue weighted by Crippen LogP contribution is 2.04. The van der Waals surface area contributed by atoms with Crippen LogP contribution < -0.4 is 5.32 Å². The van der Waals surface area contributed by atoms with E-state index in [1.165, 1.54) is 5.57 Å². The van der Waals surface area contributed by atoms with Gasteiger partial charge in [0.2, 0.25) is 0 Å². The Kier molecular flexibility index (Phi) is 3.55. The Hall–Kier alpha value is -1.25. The van der Waals surface area contributed by atoms with Gasteiger partial charge in [0.25, 0.3) is 0 Å². The van der Waals surface area contributed by atoms with Crippen molar-refractivity contribution in [2.75, 3.05) is 11.9 Å². The van der Waals surface area contributed by atoms with Gasteiger partial charge < -0.3 is 5.32 Å². The van der Waals surface area contributed by atoms with Gasteiger partial charge in [0.1, 0.15) is 5.82 Å². The lowest BCUT2D eigenvalue weighted by Gasteiger charge is -2.05. The Bertz CT molecular complexity index is 282. The molecule has 0 spiro atoms. The minimum absolute atomic E-state index is 0.869. The van der Waals surface area contributed by atoms with Gasteiger partial charge >= 0.3 is 0 Å². The molecule has 1 N–H and O–H groups in total. The Labute approximate surface area is 79.5 Å². The predicted molar refractivity (Wildman–Crippen MR) is 55.8 cm³/mol. The molecule has 0 amide bonds. The molecule has 13 heavy (non-hydrogen) atoms. The van der Waals surface area contributed by atoms with Crippen molar-refractivity contribution in [2.45, 2.75) is 27.3 Å². The lowest BCUT2D eigenvalue weighted by atomic mass is 10.3. The molecule has 0 aliphatic heterocycles. The second-order valence-electron chi connectivity index (χ2n) is 3.19. The molecule has 0 radical (unpaired) electrons. The number of hydrogen-bond acceptors (Lipinski definition) is 2. The minimum atomic E-state index is 0.869. The van der Waals surface area contributed by atoms with Crippen LogP contribution in [0, 0.1) is 0 Å². The SMILES string of the molecule is CCn1nccc1NCC=C(C)C. The Balaban J connectivity index is 2.49. The van der Waals surface area contributed by atoms with Crippen LogP contribution in [-0.4, -0.2) is 16.3 Å². The van der Waals surface area contributed by atoms with Gasteiger partial charge in [-0.2, -0.15) is 5.10 Å². The van der Waals surface area contributed by atoms with Crippen LogP contribution in [0.2, 0.25) is 0 Å². The molecule has 1 heterocycles. The average Bonchev–Trinajstić information content (AvgIpc) is 2.51. The Morgan fingerprint density at radius 1 is 1.62 bits per heavy atom. The molecule has 0 saturated heterocycles. The van der Waals surface area contributed by atoms with E-state index in [2.05, 4.69) is 37.3 Å². The van der Waals surface area contributed by atoms with E-state index in [-0.39, 0.29) is 0 Å². The standard InChI is InChI=1S/C10H17N3/c1-4-13-10(6-8-12-13)11-7-5-9(2)3/h5-6,8,11H,4,7H2,1-3H3. The highest BCUT2D eigenvalue weighted by Gasteiger charge is 1.96. The second kappa shape index (κ2) is 4.70. The van der Waals surface area contributed by atoms with Crippen LogP contribution in [0.4, 0.5) is 5.82 Å². The summed E-state index contributed by atoms with van der Waals surface area (Å²) in [7, 11) is 0. The lowest BCUT2D eigenvalue weighted by molar-refractivity contribution is 0.666. The van der Waals surface area contributed by atoms with Gasteiger partial charge in [0.05, 0.1) is 6.20 Å². The van der Waals surface area contributed by atoms with Gasteiger partial charge in [0, 0.05) is 19.2 Å². The zero-order chi connectivity index (χ0) is 9.68. The summed E-state index contributed by atoms with van der Waals surface area (Å²) in [6.07, 6.45) is 3.97. The molecule has 0 saturated carbocycles. The third kappa shape index (κ3) is 2.93. The van der Waals surface area contributed by atoms with E-state index in [0.717, 1.165) is 18.9 Å². The summed E-state index contributed by atoms with van der Waals surface area (Å²) in [5.41, 5.74) is 1.33.